The summed E-state index contributed by atoms with van der Waals surface area (Å²) in [4.78, 5) is 27.9. The quantitative estimate of drug-likeness (QED) is 0.860. The molecule has 6 heteroatoms. The molecule has 1 fully saturated rings. The van der Waals surface area contributed by atoms with Gasteiger partial charge in [0.15, 0.2) is 0 Å². The van der Waals surface area contributed by atoms with Gasteiger partial charge in [0, 0.05) is 45.0 Å². The number of amides is 1. The van der Waals surface area contributed by atoms with Gasteiger partial charge < -0.3 is 14.6 Å². The first-order chi connectivity index (χ1) is 13.9. The third-order valence-corrected chi connectivity index (χ3v) is 6.54. The second kappa shape index (κ2) is 7.67. The van der Waals surface area contributed by atoms with E-state index in [1.165, 1.54) is 24.8 Å². The lowest BCUT2D eigenvalue weighted by molar-refractivity contribution is 0.0100. The van der Waals surface area contributed by atoms with Gasteiger partial charge in [-0.25, -0.2) is 4.79 Å². The van der Waals surface area contributed by atoms with E-state index in [0.29, 0.717) is 17.8 Å². The highest BCUT2D eigenvalue weighted by atomic mass is 16.4. The van der Waals surface area contributed by atoms with E-state index in [0.717, 1.165) is 31.6 Å². The molecule has 1 aromatic carbocycles. The molecule has 6 nitrogen and oxygen atoms in total. The molecule has 1 aliphatic heterocycles. The van der Waals surface area contributed by atoms with Crippen molar-refractivity contribution in [3.8, 4) is 0 Å². The van der Waals surface area contributed by atoms with Crippen LogP contribution in [-0.2, 0) is 18.6 Å². The van der Waals surface area contributed by atoms with Gasteiger partial charge in [-0.05, 0) is 42.7 Å². The van der Waals surface area contributed by atoms with Crippen LogP contribution in [0.2, 0.25) is 0 Å². The van der Waals surface area contributed by atoms with E-state index in [-0.39, 0.29) is 11.4 Å². The summed E-state index contributed by atoms with van der Waals surface area (Å²) in [5.41, 5.74) is 3.34. The van der Waals surface area contributed by atoms with Crippen LogP contribution in [0.15, 0.2) is 36.4 Å². The topological polar surface area (TPSA) is 65.8 Å². The Hall–Kier alpha value is -2.60. The highest BCUT2D eigenvalue weighted by molar-refractivity contribution is 5.93. The normalized spacial score (nSPS) is 18.4. The number of carbonyl (C=O) groups excluding carboxylic acids is 1. The van der Waals surface area contributed by atoms with Gasteiger partial charge >= 0.3 is 5.97 Å². The molecule has 2 aromatic rings. The van der Waals surface area contributed by atoms with Crippen LogP contribution >= 0.6 is 0 Å². The Kier molecular flexibility index (Phi) is 5.21. The molecular weight excluding hydrogens is 366 g/mol. The smallest absolute Gasteiger partial charge is 0.352 e. The Morgan fingerprint density at radius 2 is 1.69 bits per heavy atom. The highest BCUT2D eigenvalue weighted by Gasteiger charge is 2.44. The molecule has 1 N–H and O–H groups in total. The fraction of sp³-hybridized carbons (Fsp3) is 0.478. The zero-order chi connectivity index (χ0) is 20.6. The summed E-state index contributed by atoms with van der Waals surface area (Å²) in [6, 6.07) is 11.7. The average Bonchev–Trinajstić information content (AvgIpc) is 3.16. The number of hydrogen-bond acceptors (Lipinski definition) is 3. The number of carbonyl (C=O) groups is 2. The molecular formula is C23H29N3O3. The predicted octanol–water partition coefficient (Wildman–Crippen LogP) is 3.56. The number of hydrogen-bond donors (Lipinski definition) is 1. The molecule has 1 aromatic heterocycles. The van der Waals surface area contributed by atoms with Gasteiger partial charge in [0.2, 0.25) is 0 Å². The van der Waals surface area contributed by atoms with E-state index >= 15 is 0 Å². The highest BCUT2D eigenvalue weighted by Crippen LogP contribution is 2.45. The molecule has 154 valence electrons. The Balaban J connectivity index is 1.63. The van der Waals surface area contributed by atoms with Crippen molar-refractivity contribution in [3.05, 3.63) is 58.9 Å². The minimum Gasteiger partial charge on any atom is -0.477 e. The Labute approximate surface area is 171 Å². The number of rotatable bonds is 4. The van der Waals surface area contributed by atoms with E-state index in [1.807, 2.05) is 34.9 Å². The van der Waals surface area contributed by atoms with Crippen LogP contribution in [-0.4, -0.2) is 52.0 Å². The Morgan fingerprint density at radius 3 is 2.31 bits per heavy atom. The number of aromatic carboxylic acids is 1. The maximum atomic E-state index is 12.1. The van der Waals surface area contributed by atoms with Crippen molar-refractivity contribution in [1.82, 2.24) is 14.4 Å². The van der Waals surface area contributed by atoms with Gasteiger partial charge in [-0.2, -0.15) is 0 Å². The first-order valence-corrected chi connectivity index (χ1v) is 10.4. The van der Waals surface area contributed by atoms with Crippen LogP contribution in [0.25, 0.3) is 0 Å². The van der Waals surface area contributed by atoms with Crippen LogP contribution in [0.4, 0.5) is 0 Å². The summed E-state index contributed by atoms with van der Waals surface area (Å²) in [7, 11) is 3.52. The number of benzene rings is 1. The standard InChI is InChI=1S/C23H29N3O3/c1-24(2)21(27)18-8-6-17(7-9-18)16-25-14-15-26-19(22(28)29)10-11-20(26)23(25)12-4-3-5-13-23/h6-11H,3-5,12-16H2,1-2H3,(H,28,29). The Bertz CT molecular complexity index is 908. The van der Waals surface area contributed by atoms with Crippen molar-refractivity contribution >= 4 is 11.9 Å². The number of nitrogens with zero attached hydrogens (tertiary/aromatic N) is 3. The van der Waals surface area contributed by atoms with Gasteiger partial charge in [-0.1, -0.05) is 31.4 Å². The lowest BCUT2D eigenvalue weighted by atomic mass is 9.76. The van der Waals surface area contributed by atoms with Gasteiger partial charge in [-0.3, -0.25) is 9.69 Å². The number of carboxylic acids is 1. The lowest BCUT2D eigenvalue weighted by Crippen LogP contribution is -2.53. The summed E-state index contributed by atoms with van der Waals surface area (Å²) >= 11 is 0. The second-order valence-corrected chi connectivity index (χ2v) is 8.47. The number of carboxylic acid groups (broad SMARTS) is 1. The summed E-state index contributed by atoms with van der Waals surface area (Å²) < 4.78 is 2.02. The summed E-state index contributed by atoms with van der Waals surface area (Å²) in [6.07, 6.45) is 5.70. The molecule has 4 rings (SSSR count). The van der Waals surface area contributed by atoms with E-state index in [4.69, 9.17) is 0 Å². The Morgan fingerprint density at radius 1 is 1.00 bits per heavy atom. The lowest BCUT2D eigenvalue weighted by Gasteiger charge is -2.50. The minimum absolute atomic E-state index is 0.0114. The molecule has 1 spiro atoms. The third-order valence-electron chi connectivity index (χ3n) is 6.54. The van der Waals surface area contributed by atoms with Crippen LogP contribution in [0.3, 0.4) is 0 Å². The van der Waals surface area contributed by atoms with Crippen LogP contribution in [0.5, 0.6) is 0 Å². The zero-order valence-corrected chi connectivity index (χ0v) is 17.2. The maximum Gasteiger partial charge on any atom is 0.352 e. The molecule has 0 unspecified atom stereocenters. The summed E-state index contributed by atoms with van der Waals surface area (Å²) in [5, 5.41) is 9.56. The van der Waals surface area contributed by atoms with Gasteiger partial charge in [0.25, 0.3) is 5.91 Å². The molecule has 29 heavy (non-hydrogen) atoms. The van der Waals surface area contributed by atoms with Crippen LogP contribution < -0.4 is 0 Å². The molecule has 0 radical (unpaired) electrons. The molecule has 0 saturated heterocycles. The van der Waals surface area contributed by atoms with Crippen molar-refractivity contribution in [2.75, 3.05) is 20.6 Å². The maximum absolute atomic E-state index is 12.1. The fourth-order valence-corrected chi connectivity index (χ4v) is 5.07. The van der Waals surface area contributed by atoms with Gasteiger partial charge in [-0.15, -0.1) is 0 Å². The minimum atomic E-state index is -0.850. The van der Waals surface area contributed by atoms with E-state index in [9.17, 15) is 14.7 Å². The number of fused-ring (bicyclic) bond motifs is 2. The zero-order valence-electron chi connectivity index (χ0n) is 17.2. The van der Waals surface area contributed by atoms with Gasteiger partial charge in [0.05, 0.1) is 5.54 Å². The van der Waals surface area contributed by atoms with Crippen molar-refractivity contribution in [1.29, 1.82) is 0 Å². The third kappa shape index (κ3) is 3.46. The molecule has 1 saturated carbocycles. The van der Waals surface area contributed by atoms with Crippen LogP contribution in [0, 0.1) is 0 Å². The van der Waals surface area contributed by atoms with Crippen molar-refractivity contribution in [2.45, 2.75) is 50.7 Å². The SMILES string of the molecule is CN(C)C(=O)c1ccc(CN2CCn3c(C(=O)O)ccc3C23CCCCC3)cc1. The monoisotopic (exact) mass is 395 g/mol. The van der Waals surface area contributed by atoms with Crippen molar-refractivity contribution in [3.63, 3.8) is 0 Å². The first-order valence-electron chi connectivity index (χ1n) is 10.4. The van der Waals surface area contributed by atoms with Gasteiger partial charge in [0.1, 0.15) is 5.69 Å². The second-order valence-electron chi connectivity index (χ2n) is 8.47. The summed E-state index contributed by atoms with van der Waals surface area (Å²) in [6.45, 7) is 2.34. The summed E-state index contributed by atoms with van der Waals surface area (Å²) in [5.74, 6) is -0.839. The largest absolute Gasteiger partial charge is 0.477 e. The van der Waals surface area contributed by atoms with E-state index in [1.54, 1.807) is 25.1 Å². The molecule has 0 atom stereocenters. The molecule has 1 amide bonds. The first kappa shape index (κ1) is 19.7. The van der Waals surface area contributed by atoms with Crippen LogP contribution in [0.1, 0.15) is 64.2 Å². The molecule has 0 bridgehead atoms. The molecule has 1 aliphatic carbocycles. The van der Waals surface area contributed by atoms with Crippen molar-refractivity contribution < 1.29 is 14.7 Å². The van der Waals surface area contributed by atoms with E-state index < -0.39 is 5.97 Å². The molecule has 2 heterocycles. The molecule has 2 aliphatic rings. The van der Waals surface area contributed by atoms with E-state index in [2.05, 4.69) is 4.90 Å². The van der Waals surface area contributed by atoms with Crippen molar-refractivity contribution in [2.24, 2.45) is 0 Å². The fourth-order valence-electron chi connectivity index (χ4n) is 5.07. The number of aromatic nitrogens is 1. The average molecular weight is 396 g/mol. The predicted molar refractivity (Wildman–Crippen MR) is 111 cm³/mol.